The van der Waals surface area contributed by atoms with Crippen LogP contribution in [0.1, 0.15) is 43.6 Å². The number of Topliss-reactive ketones (excluding diaryl/α,β-unsaturated/α-hetero) is 1. The molecule has 20 heavy (non-hydrogen) atoms. The van der Waals surface area contributed by atoms with Crippen molar-refractivity contribution in [2.45, 2.75) is 27.7 Å². The van der Waals surface area contributed by atoms with E-state index in [2.05, 4.69) is 38.7 Å². The summed E-state index contributed by atoms with van der Waals surface area (Å²) in [4.78, 5) is 15.9. The lowest BCUT2D eigenvalue weighted by Gasteiger charge is -2.03. The van der Waals surface area contributed by atoms with Gasteiger partial charge in [0.2, 0.25) is 0 Å². The van der Waals surface area contributed by atoms with Crippen molar-refractivity contribution in [3.63, 3.8) is 0 Å². The molecule has 1 fully saturated rings. The molecule has 1 saturated carbocycles. The van der Waals surface area contributed by atoms with Crippen molar-refractivity contribution >= 4 is 16.7 Å². The van der Waals surface area contributed by atoms with E-state index in [9.17, 15) is 4.79 Å². The summed E-state index contributed by atoms with van der Waals surface area (Å²) in [5.41, 5.74) is 2.26. The van der Waals surface area contributed by atoms with Gasteiger partial charge in [-0.1, -0.05) is 27.7 Å². The first kappa shape index (κ1) is 12.9. The number of aromatic nitrogens is 1. The smallest absolute Gasteiger partial charge is 0.169 e. The molecule has 1 aliphatic rings. The molecule has 0 radical (unpaired) electrons. The number of rotatable bonds is 2. The number of carbonyl (C=O) groups excluding carboxylic acids is 1. The minimum Gasteiger partial charge on any atom is -0.360 e. The van der Waals surface area contributed by atoms with Crippen LogP contribution in [-0.4, -0.2) is 10.8 Å². The second-order valence-corrected chi connectivity index (χ2v) is 6.82. The van der Waals surface area contributed by atoms with Gasteiger partial charge in [-0.15, -0.1) is 0 Å². The van der Waals surface area contributed by atoms with E-state index in [1.165, 1.54) is 0 Å². The standard InChI is InChI=1S/C17H18N2O/c1-16(2)15(17(16,3)4)14(20)12-9-19-13-6-5-10(8-18)7-11(12)13/h5-7,9,15,19H,1-4H3. The molecule has 3 nitrogen and oxygen atoms in total. The molecule has 0 spiro atoms. The number of benzene rings is 1. The number of hydrogen-bond acceptors (Lipinski definition) is 2. The molecular formula is C17H18N2O. The molecule has 0 amide bonds. The lowest BCUT2D eigenvalue weighted by atomic mass is 10.00. The number of ketones is 1. The van der Waals surface area contributed by atoms with Gasteiger partial charge in [0, 0.05) is 28.6 Å². The normalized spacial score (nSPS) is 19.8. The molecular weight excluding hydrogens is 248 g/mol. The van der Waals surface area contributed by atoms with Crippen molar-refractivity contribution in [2.75, 3.05) is 0 Å². The summed E-state index contributed by atoms with van der Waals surface area (Å²) in [6.07, 6.45) is 1.78. The second kappa shape index (κ2) is 3.73. The number of nitrogens with zero attached hydrogens (tertiary/aromatic N) is 1. The number of hydrogen-bond donors (Lipinski definition) is 1. The lowest BCUT2D eigenvalue weighted by molar-refractivity contribution is 0.0947. The Morgan fingerprint density at radius 3 is 2.45 bits per heavy atom. The second-order valence-electron chi connectivity index (χ2n) is 6.82. The van der Waals surface area contributed by atoms with Gasteiger partial charge in [-0.05, 0) is 29.0 Å². The summed E-state index contributed by atoms with van der Waals surface area (Å²) < 4.78 is 0. The van der Waals surface area contributed by atoms with E-state index >= 15 is 0 Å². The van der Waals surface area contributed by atoms with E-state index in [1.54, 1.807) is 18.3 Å². The number of nitrogens with one attached hydrogen (secondary N) is 1. The number of fused-ring (bicyclic) bond motifs is 1. The molecule has 2 aromatic rings. The average Bonchev–Trinajstić information content (AvgIpc) is 2.73. The maximum absolute atomic E-state index is 12.8. The maximum atomic E-state index is 12.8. The molecule has 1 aromatic heterocycles. The van der Waals surface area contributed by atoms with Crippen molar-refractivity contribution < 1.29 is 4.79 Å². The number of aromatic amines is 1. The predicted molar refractivity (Wildman–Crippen MR) is 78.4 cm³/mol. The Kier molecular flexibility index (Phi) is 2.41. The highest BCUT2D eigenvalue weighted by Gasteiger charge is 2.68. The first-order valence-corrected chi connectivity index (χ1v) is 6.86. The third kappa shape index (κ3) is 1.48. The highest BCUT2D eigenvalue weighted by molar-refractivity contribution is 6.11. The van der Waals surface area contributed by atoms with Gasteiger partial charge in [0.15, 0.2) is 5.78 Å². The number of nitriles is 1. The van der Waals surface area contributed by atoms with Crippen LogP contribution in [0.3, 0.4) is 0 Å². The minimum atomic E-state index is 0.0283. The number of H-pyrrole nitrogens is 1. The van der Waals surface area contributed by atoms with Gasteiger partial charge in [-0.25, -0.2) is 0 Å². The molecule has 3 heteroatoms. The van der Waals surface area contributed by atoms with Crippen LogP contribution < -0.4 is 0 Å². The van der Waals surface area contributed by atoms with Gasteiger partial charge in [-0.2, -0.15) is 5.26 Å². The van der Waals surface area contributed by atoms with Crippen molar-refractivity contribution in [1.29, 1.82) is 5.26 Å². The van der Waals surface area contributed by atoms with Gasteiger partial charge in [0.25, 0.3) is 0 Å². The predicted octanol–water partition coefficient (Wildman–Crippen LogP) is 3.90. The molecule has 1 aliphatic carbocycles. The van der Waals surface area contributed by atoms with E-state index in [-0.39, 0.29) is 22.5 Å². The van der Waals surface area contributed by atoms with Crippen molar-refractivity contribution in [3.8, 4) is 6.07 Å². The van der Waals surface area contributed by atoms with Crippen LogP contribution in [0.5, 0.6) is 0 Å². The van der Waals surface area contributed by atoms with Crippen LogP contribution >= 0.6 is 0 Å². The Hall–Kier alpha value is -2.08. The topological polar surface area (TPSA) is 56.6 Å². The third-order valence-electron chi connectivity index (χ3n) is 5.36. The van der Waals surface area contributed by atoms with Crippen LogP contribution in [0.2, 0.25) is 0 Å². The zero-order valence-electron chi connectivity index (χ0n) is 12.2. The maximum Gasteiger partial charge on any atom is 0.169 e. The van der Waals surface area contributed by atoms with E-state index in [0.29, 0.717) is 11.1 Å². The Labute approximate surface area is 118 Å². The molecule has 1 N–H and O–H groups in total. The molecule has 102 valence electrons. The van der Waals surface area contributed by atoms with Crippen LogP contribution in [0.15, 0.2) is 24.4 Å². The highest BCUT2D eigenvalue weighted by atomic mass is 16.1. The monoisotopic (exact) mass is 266 g/mol. The van der Waals surface area contributed by atoms with Crippen LogP contribution in [0.25, 0.3) is 10.9 Å². The van der Waals surface area contributed by atoms with Crippen LogP contribution in [0, 0.1) is 28.1 Å². The first-order valence-electron chi connectivity index (χ1n) is 6.86. The summed E-state index contributed by atoms with van der Waals surface area (Å²) in [6, 6.07) is 7.54. The SMILES string of the molecule is CC1(C)C(C(=O)c2c[nH]c3ccc(C#N)cc23)C1(C)C. The minimum absolute atomic E-state index is 0.0283. The summed E-state index contributed by atoms with van der Waals surface area (Å²) >= 11 is 0. The summed E-state index contributed by atoms with van der Waals surface area (Å²) in [6.45, 7) is 8.58. The van der Waals surface area contributed by atoms with Gasteiger partial charge in [0.1, 0.15) is 0 Å². The summed E-state index contributed by atoms with van der Waals surface area (Å²) in [7, 11) is 0. The molecule has 0 atom stereocenters. The van der Waals surface area contributed by atoms with Crippen molar-refractivity contribution in [3.05, 3.63) is 35.5 Å². The Morgan fingerprint density at radius 1 is 1.25 bits per heavy atom. The van der Waals surface area contributed by atoms with E-state index in [0.717, 1.165) is 10.9 Å². The fraction of sp³-hybridized carbons (Fsp3) is 0.412. The Balaban J connectivity index is 2.08. The van der Waals surface area contributed by atoms with E-state index < -0.39 is 0 Å². The largest absolute Gasteiger partial charge is 0.360 e. The highest BCUT2D eigenvalue weighted by Crippen LogP contribution is 2.69. The molecule has 0 bridgehead atoms. The molecule has 3 rings (SSSR count). The van der Waals surface area contributed by atoms with Crippen molar-refractivity contribution in [2.24, 2.45) is 16.7 Å². The van der Waals surface area contributed by atoms with E-state index in [1.807, 2.05) is 6.07 Å². The van der Waals surface area contributed by atoms with Gasteiger partial charge in [0.05, 0.1) is 11.6 Å². The molecule has 1 heterocycles. The van der Waals surface area contributed by atoms with Gasteiger partial charge >= 0.3 is 0 Å². The Bertz CT molecular complexity index is 745. The summed E-state index contributed by atoms with van der Waals surface area (Å²) in [5.74, 6) is 0.223. The first-order chi connectivity index (χ1) is 9.30. The van der Waals surface area contributed by atoms with Gasteiger partial charge in [-0.3, -0.25) is 4.79 Å². The molecule has 0 aliphatic heterocycles. The molecule has 0 unspecified atom stereocenters. The zero-order chi connectivity index (χ0) is 14.7. The van der Waals surface area contributed by atoms with Crippen LogP contribution in [-0.2, 0) is 0 Å². The molecule has 1 aromatic carbocycles. The Morgan fingerprint density at radius 2 is 1.90 bits per heavy atom. The zero-order valence-corrected chi connectivity index (χ0v) is 12.2. The summed E-state index contributed by atoms with van der Waals surface area (Å²) in [5, 5.41) is 9.86. The average molecular weight is 266 g/mol. The fourth-order valence-corrected chi connectivity index (χ4v) is 3.40. The quantitative estimate of drug-likeness (QED) is 0.838. The van der Waals surface area contributed by atoms with E-state index in [4.69, 9.17) is 5.26 Å². The lowest BCUT2D eigenvalue weighted by Crippen LogP contribution is -2.06. The van der Waals surface area contributed by atoms with Crippen molar-refractivity contribution in [1.82, 2.24) is 4.98 Å². The van der Waals surface area contributed by atoms with Gasteiger partial charge < -0.3 is 4.98 Å². The fourth-order valence-electron chi connectivity index (χ4n) is 3.40. The number of carbonyl (C=O) groups is 1. The molecule has 0 saturated heterocycles. The van der Waals surface area contributed by atoms with Crippen LogP contribution in [0.4, 0.5) is 0 Å². The third-order valence-corrected chi connectivity index (χ3v) is 5.36.